The second-order valence-electron chi connectivity index (χ2n) is 4.82. The first-order chi connectivity index (χ1) is 9.08. The van der Waals surface area contributed by atoms with Crippen molar-refractivity contribution >= 4 is 0 Å². The molecule has 0 unspecified atom stereocenters. The number of ether oxygens (including phenoxy) is 1. The summed E-state index contributed by atoms with van der Waals surface area (Å²) < 4.78 is 7.55. The number of hydrogen-bond acceptors (Lipinski definition) is 3. The Morgan fingerprint density at radius 2 is 1.95 bits per heavy atom. The van der Waals surface area contributed by atoms with E-state index in [2.05, 4.69) is 36.3 Å². The van der Waals surface area contributed by atoms with Gasteiger partial charge in [0.05, 0.1) is 24.8 Å². The summed E-state index contributed by atoms with van der Waals surface area (Å²) >= 11 is 0. The van der Waals surface area contributed by atoms with Crippen LogP contribution in [0.1, 0.15) is 16.8 Å². The van der Waals surface area contributed by atoms with Gasteiger partial charge in [-0.1, -0.05) is 0 Å². The van der Waals surface area contributed by atoms with Gasteiger partial charge in [0.1, 0.15) is 5.75 Å². The van der Waals surface area contributed by atoms with Crippen molar-refractivity contribution in [3.05, 3.63) is 35.3 Å². The summed E-state index contributed by atoms with van der Waals surface area (Å²) in [4.78, 5) is 4.53. The van der Waals surface area contributed by atoms with Gasteiger partial charge in [0, 0.05) is 19.2 Å². The number of aryl methyl sites for hydroxylation is 3. The van der Waals surface area contributed by atoms with E-state index in [4.69, 9.17) is 4.74 Å². The van der Waals surface area contributed by atoms with E-state index in [1.807, 2.05) is 25.0 Å². The average Bonchev–Trinajstić information content (AvgIpc) is 2.74. The molecular formula is C15H21N3O. The molecule has 0 atom stereocenters. The Kier molecular flexibility index (Phi) is 3.90. The van der Waals surface area contributed by atoms with Crippen molar-refractivity contribution in [1.82, 2.24) is 14.9 Å². The zero-order chi connectivity index (χ0) is 14.0. The van der Waals surface area contributed by atoms with Gasteiger partial charge in [0.2, 0.25) is 0 Å². The molecule has 0 aliphatic rings. The van der Waals surface area contributed by atoms with Gasteiger partial charge < -0.3 is 14.6 Å². The Labute approximate surface area is 114 Å². The monoisotopic (exact) mass is 259 g/mol. The molecule has 1 heterocycles. The zero-order valence-electron chi connectivity index (χ0n) is 12.2. The van der Waals surface area contributed by atoms with Gasteiger partial charge in [-0.25, -0.2) is 4.98 Å². The van der Waals surface area contributed by atoms with Crippen LogP contribution in [-0.4, -0.2) is 23.7 Å². The maximum Gasteiger partial charge on any atom is 0.128 e. The number of methoxy groups -OCH3 is 1. The van der Waals surface area contributed by atoms with Crippen molar-refractivity contribution in [1.29, 1.82) is 0 Å². The van der Waals surface area contributed by atoms with E-state index in [9.17, 15) is 0 Å². The van der Waals surface area contributed by atoms with Gasteiger partial charge in [0.25, 0.3) is 0 Å². The molecule has 0 fully saturated rings. The fourth-order valence-corrected chi connectivity index (χ4v) is 2.20. The van der Waals surface area contributed by atoms with Gasteiger partial charge in [-0.05, 0) is 44.2 Å². The highest BCUT2D eigenvalue weighted by atomic mass is 16.5. The van der Waals surface area contributed by atoms with E-state index in [1.54, 1.807) is 7.11 Å². The second-order valence-corrected chi connectivity index (χ2v) is 4.82. The van der Waals surface area contributed by atoms with Crippen LogP contribution in [0.2, 0.25) is 0 Å². The summed E-state index contributed by atoms with van der Waals surface area (Å²) in [5.74, 6) is 0.874. The standard InChI is InChI=1S/C15H21N3O/c1-10-6-12(14(19-5)7-11(10)2)15-13(8-16-3)18(4)9-17-15/h6-7,9,16H,8H2,1-5H3. The Hall–Kier alpha value is -1.81. The van der Waals surface area contributed by atoms with Crippen molar-refractivity contribution in [2.75, 3.05) is 14.2 Å². The maximum absolute atomic E-state index is 5.51. The predicted molar refractivity (Wildman–Crippen MR) is 77.4 cm³/mol. The summed E-state index contributed by atoms with van der Waals surface area (Å²) in [5, 5.41) is 3.18. The Balaban J connectivity index is 2.61. The number of hydrogen-bond donors (Lipinski definition) is 1. The molecule has 0 bridgehead atoms. The first kappa shape index (κ1) is 13.6. The third kappa shape index (κ3) is 2.49. The highest BCUT2D eigenvalue weighted by Gasteiger charge is 2.15. The molecule has 4 nitrogen and oxygen atoms in total. The van der Waals surface area contributed by atoms with Crippen molar-refractivity contribution in [3.63, 3.8) is 0 Å². The SMILES string of the molecule is CNCc1c(-c2cc(C)c(C)cc2OC)ncn1C. The molecule has 1 aromatic heterocycles. The lowest BCUT2D eigenvalue weighted by molar-refractivity contribution is 0.416. The summed E-state index contributed by atoms with van der Waals surface area (Å²) in [6.07, 6.45) is 1.84. The number of imidazole rings is 1. The molecule has 2 aromatic rings. The third-order valence-corrected chi connectivity index (χ3v) is 3.47. The van der Waals surface area contributed by atoms with Crippen molar-refractivity contribution in [3.8, 4) is 17.0 Å². The fourth-order valence-electron chi connectivity index (χ4n) is 2.20. The predicted octanol–water partition coefficient (Wildman–Crippen LogP) is 2.43. The first-order valence-corrected chi connectivity index (χ1v) is 6.39. The molecule has 19 heavy (non-hydrogen) atoms. The fraction of sp³-hybridized carbons (Fsp3) is 0.400. The molecule has 0 aliphatic heterocycles. The van der Waals surface area contributed by atoms with E-state index in [-0.39, 0.29) is 0 Å². The largest absolute Gasteiger partial charge is 0.496 e. The summed E-state index contributed by atoms with van der Waals surface area (Å²) in [7, 11) is 5.65. The highest BCUT2D eigenvalue weighted by Crippen LogP contribution is 2.33. The Bertz CT molecular complexity index is 587. The van der Waals surface area contributed by atoms with E-state index in [0.717, 1.165) is 29.2 Å². The maximum atomic E-state index is 5.51. The van der Waals surface area contributed by atoms with Crippen molar-refractivity contribution in [2.45, 2.75) is 20.4 Å². The van der Waals surface area contributed by atoms with Crippen LogP contribution in [0, 0.1) is 13.8 Å². The first-order valence-electron chi connectivity index (χ1n) is 6.39. The topological polar surface area (TPSA) is 39.1 Å². The van der Waals surface area contributed by atoms with E-state index >= 15 is 0 Å². The molecule has 0 saturated heterocycles. The quantitative estimate of drug-likeness (QED) is 0.916. The van der Waals surface area contributed by atoms with Crippen LogP contribution in [0.3, 0.4) is 0 Å². The van der Waals surface area contributed by atoms with Crippen LogP contribution in [0.15, 0.2) is 18.5 Å². The van der Waals surface area contributed by atoms with Gasteiger partial charge in [0.15, 0.2) is 0 Å². The van der Waals surface area contributed by atoms with Crippen LogP contribution in [0.4, 0.5) is 0 Å². The van der Waals surface area contributed by atoms with Crippen molar-refractivity contribution < 1.29 is 4.74 Å². The van der Waals surface area contributed by atoms with E-state index in [0.29, 0.717) is 0 Å². The smallest absolute Gasteiger partial charge is 0.128 e. The van der Waals surface area contributed by atoms with Crippen LogP contribution in [0.5, 0.6) is 5.75 Å². The lowest BCUT2D eigenvalue weighted by atomic mass is 10.0. The summed E-state index contributed by atoms with van der Waals surface area (Å²) in [5.41, 5.74) is 5.67. The van der Waals surface area contributed by atoms with Crippen LogP contribution >= 0.6 is 0 Å². The molecular weight excluding hydrogens is 238 g/mol. The molecule has 0 amide bonds. The van der Waals surface area contributed by atoms with E-state index < -0.39 is 0 Å². The number of nitrogens with zero attached hydrogens (tertiary/aromatic N) is 2. The normalized spacial score (nSPS) is 10.8. The average molecular weight is 259 g/mol. The minimum Gasteiger partial charge on any atom is -0.496 e. The molecule has 0 radical (unpaired) electrons. The number of rotatable bonds is 4. The molecule has 4 heteroatoms. The van der Waals surface area contributed by atoms with Gasteiger partial charge in [-0.2, -0.15) is 0 Å². The Morgan fingerprint density at radius 1 is 1.26 bits per heavy atom. The number of benzene rings is 1. The van der Waals surface area contributed by atoms with Gasteiger partial charge in [-0.15, -0.1) is 0 Å². The Morgan fingerprint density at radius 3 is 2.58 bits per heavy atom. The third-order valence-electron chi connectivity index (χ3n) is 3.47. The van der Waals surface area contributed by atoms with E-state index in [1.165, 1.54) is 11.1 Å². The van der Waals surface area contributed by atoms with Gasteiger partial charge in [-0.3, -0.25) is 0 Å². The molecule has 1 N–H and O–H groups in total. The number of nitrogens with one attached hydrogen (secondary N) is 1. The molecule has 2 rings (SSSR count). The van der Waals surface area contributed by atoms with Crippen LogP contribution in [0.25, 0.3) is 11.3 Å². The zero-order valence-corrected chi connectivity index (χ0v) is 12.2. The minimum absolute atomic E-state index is 0.780. The lowest BCUT2D eigenvalue weighted by Gasteiger charge is -2.12. The highest BCUT2D eigenvalue weighted by molar-refractivity contribution is 5.71. The van der Waals surface area contributed by atoms with Gasteiger partial charge >= 0.3 is 0 Å². The molecule has 0 aliphatic carbocycles. The second kappa shape index (κ2) is 5.45. The molecule has 0 saturated carbocycles. The summed E-state index contributed by atoms with van der Waals surface area (Å²) in [6, 6.07) is 4.22. The van der Waals surface area contributed by atoms with Crippen LogP contribution < -0.4 is 10.1 Å². The molecule has 0 spiro atoms. The summed E-state index contributed by atoms with van der Waals surface area (Å²) in [6.45, 7) is 4.98. The van der Waals surface area contributed by atoms with Crippen molar-refractivity contribution in [2.24, 2.45) is 7.05 Å². The molecule has 1 aromatic carbocycles. The van der Waals surface area contributed by atoms with Crippen LogP contribution in [-0.2, 0) is 13.6 Å². The molecule has 102 valence electrons. The minimum atomic E-state index is 0.780. The number of aromatic nitrogens is 2. The lowest BCUT2D eigenvalue weighted by Crippen LogP contribution is -2.10.